The molecule has 1 aliphatic rings. The third-order valence-corrected chi connectivity index (χ3v) is 3.17. The normalized spacial score (nSPS) is 16.8. The van der Waals surface area contributed by atoms with Gasteiger partial charge in [-0.2, -0.15) is 5.26 Å². The molecule has 2 rings (SSSR count). The van der Waals surface area contributed by atoms with Crippen LogP contribution < -0.4 is 0 Å². The number of hydrogen-bond acceptors (Lipinski definition) is 1. The predicted molar refractivity (Wildman–Crippen MR) is 71.6 cm³/mol. The standard InChI is InChI=1S/C8H13N.C7H11N/c1-8(2,3)9-6-4-5-7-9;8-6-7-4-2-1-3-5-7/h4-7H,1-3H3;7H,1-5H2. The van der Waals surface area contributed by atoms with Crippen LogP contribution in [0.1, 0.15) is 52.9 Å². The van der Waals surface area contributed by atoms with E-state index in [1.807, 2.05) is 12.1 Å². The van der Waals surface area contributed by atoms with E-state index in [1.165, 1.54) is 19.3 Å². The first kappa shape index (κ1) is 13.8. The van der Waals surface area contributed by atoms with Gasteiger partial charge >= 0.3 is 0 Å². The van der Waals surface area contributed by atoms with E-state index < -0.39 is 0 Å². The number of nitrogens with zero attached hydrogens (tertiary/aromatic N) is 2. The summed E-state index contributed by atoms with van der Waals surface area (Å²) >= 11 is 0. The van der Waals surface area contributed by atoms with Crippen molar-refractivity contribution >= 4 is 0 Å². The van der Waals surface area contributed by atoms with Crippen LogP contribution in [-0.2, 0) is 5.54 Å². The van der Waals surface area contributed by atoms with Crippen molar-refractivity contribution in [1.29, 1.82) is 5.26 Å². The minimum Gasteiger partial charge on any atom is -0.349 e. The van der Waals surface area contributed by atoms with Crippen LogP contribution in [0, 0.1) is 17.2 Å². The molecule has 17 heavy (non-hydrogen) atoms. The summed E-state index contributed by atoms with van der Waals surface area (Å²) in [5.41, 5.74) is 0.240. The van der Waals surface area contributed by atoms with E-state index in [1.54, 1.807) is 0 Å². The van der Waals surface area contributed by atoms with Crippen LogP contribution >= 0.6 is 0 Å². The van der Waals surface area contributed by atoms with Crippen molar-refractivity contribution in [2.24, 2.45) is 5.92 Å². The Balaban J connectivity index is 0.000000171. The Kier molecular flexibility index (Phi) is 5.28. The topological polar surface area (TPSA) is 28.7 Å². The summed E-state index contributed by atoms with van der Waals surface area (Å²) in [7, 11) is 0. The highest BCUT2D eigenvalue weighted by Gasteiger charge is 2.10. The molecule has 0 saturated heterocycles. The summed E-state index contributed by atoms with van der Waals surface area (Å²) in [5, 5.41) is 8.44. The highest BCUT2D eigenvalue weighted by molar-refractivity contribution is 4.94. The van der Waals surface area contributed by atoms with Crippen molar-refractivity contribution in [1.82, 2.24) is 4.57 Å². The van der Waals surface area contributed by atoms with Crippen molar-refractivity contribution in [3.63, 3.8) is 0 Å². The fraction of sp³-hybridized carbons (Fsp3) is 0.667. The van der Waals surface area contributed by atoms with Gasteiger partial charge in [0.1, 0.15) is 0 Å². The van der Waals surface area contributed by atoms with Gasteiger partial charge in [-0.05, 0) is 45.7 Å². The molecule has 2 nitrogen and oxygen atoms in total. The zero-order valence-corrected chi connectivity index (χ0v) is 11.3. The minimum absolute atomic E-state index is 0.240. The smallest absolute Gasteiger partial charge is 0.0655 e. The maximum absolute atomic E-state index is 8.44. The van der Waals surface area contributed by atoms with Gasteiger partial charge in [-0.1, -0.05) is 19.3 Å². The van der Waals surface area contributed by atoms with Crippen molar-refractivity contribution in [2.75, 3.05) is 0 Å². The number of aromatic nitrogens is 1. The molecule has 1 aromatic heterocycles. The van der Waals surface area contributed by atoms with Gasteiger partial charge in [0.05, 0.1) is 6.07 Å². The van der Waals surface area contributed by atoms with Gasteiger partial charge in [0, 0.05) is 23.9 Å². The van der Waals surface area contributed by atoms with Gasteiger partial charge in [0.2, 0.25) is 0 Å². The molecule has 0 amide bonds. The monoisotopic (exact) mass is 232 g/mol. The second kappa shape index (κ2) is 6.49. The Morgan fingerprint density at radius 1 is 1.06 bits per heavy atom. The molecular formula is C15H24N2. The molecule has 0 bridgehead atoms. The van der Waals surface area contributed by atoms with E-state index in [-0.39, 0.29) is 5.54 Å². The highest BCUT2D eigenvalue weighted by Crippen LogP contribution is 2.22. The van der Waals surface area contributed by atoms with Gasteiger partial charge in [-0.25, -0.2) is 0 Å². The lowest BCUT2D eigenvalue weighted by molar-refractivity contribution is 0.398. The molecule has 0 unspecified atom stereocenters. The van der Waals surface area contributed by atoms with Gasteiger partial charge in [-0.3, -0.25) is 0 Å². The van der Waals surface area contributed by atoms with Crippen LogP contribution in [0.15, 0.2) is 24.5 Å². The Morgan fingerprint density at radius 3 is 1.88 bits per heavy atom. The quantitative estimate of drug-likeness (QED) is 0.654. The van der Waals surface area contributed by atoms with E-state index in [0.717, 1.165) is 12.8 Å². The third-order valence-electron chi connectivity index (χ3n) is 3.17. The molecule has 0 atom stereocenters. The summed E-state index contributed by atoms with van der Waals surface area (Å²) in [6.45, 7) is 6.56. The zero-order chi connectivity index (χ0) is 12.7. The lowest BCUT2D eigenvalue weighted by Gasteiger charge is -2.20. The first-order chi connectivity index (χ1) is 8.04. The van der Waals surface area contributed by atoms with Crippen LogP contribution in [0.25, 0.3) is 0 Å². The lowest BCUT2D eigenvalue weighted by Crippen LogP contribution is -2.19. The maximum Gasteiger partial charge on any atom is 0.0655 e. The van der Waals surface area contributed by atoms with Crippen molar-refractivity contribution in [3.05, 3.63) is 24.5 Å². The molecule has 0 N–H and O–H groups in total. The number of nitriles is 1. The van der Waals surface area contributed by atoms with Crippen LogP contribution in [0.5, 0.6) is 0 Å². The van der Waals surface area contributed by atoms with Gasteiger partial charge in [0.25, 0.3) is 0 Å². The molecule has 1 aromatic rings. The molecule has 1 saturated carbocycles. The maximum atomic E-state index is 8.44. The summed E-state index contributed by atoms with van der Waals surface area (Å²) in [5.74, 6) is 0.392. The summed E-state index contributed by atoms with van der Waals surface area (Å²) < 4.78 is 2.19. The van der Waals surface area contributed by atoms with Crippen LogP contribution in [0.2, 0.25) is 0 Å². The van der Waals surface area contributed by atoms with Crippen LogP contribution in [-0.4, -0.2) is 4.57 Å². The van der Waals surface area contributed by atoms with E-state index >= 15 is 0 Å². The molecule has 1 heterocycles. The molecule has 0 aliphatic heterocycles. The summed E-state index contributed by atoms with van der Waals surface area (Å²) in [6, 6.07) is 6.40. The Hall–Kier alpha value is -1.23. The molecule has 2 heteroatoms. The first-order valence-electron chi connectivity index (χ1n) is 6.57. The van der Waals surface area contributed by atoms with Gasteiger partial charge in [-0.15, -0.1) is 0 Å². The average molecular weight is 232 g/mol. The third kappa shape index (κ3) is 5.08. The SMILES string of the molecule is CC(C)(C)n1cccc1.N#CC1CCCCC1. The van der Waals surface area contributed by atoms with E-state index in [4.69, 9.17) is 5.26 Å². The second-order valence-electron chi connectivity index (χ2n) is 5.73. The fourth-order valence-corrected chi connectivity index (χ4v) is 2.01. The van der Waals surface area contributed by atoms with E-state index in [9.17, 15) is 0 Å². The van der Waals surface area contributed by atoms with Gasteiger partial charge in [0.15, 0.2) is 0 Å². The Bertz CT molecular complexity index is 332. The van der Waals surface area contributed by atoms with Crippen molar-refractivity contribution in [3.8, 4) is 6.07 Å². The Labute approximate surface area is 105 Å². The van der Waals surface area contributed by atoms with Gasteiger partial charge < -0.3 is 4.57 Å². The molecule has 0 aromatic carbocycles. The van der Waals surface area contributed by atoms with Crippen LogP contribution in [0.3, 0.4) is 0 Å². The van der Waals surface area contributed by atoms with Crippen LogP contribution in [0.4, 0.5) is 0 Å². The predicted octanol–water partition coefficient (Wildman–Crippen LogP) is 4.33. The summed E-state index contributed by atoms with van der Waals surface area (Å²) in [4.78, 5) is 0. The first-order valence-corrected chi connectivity index (χ1v) is 6.57. The molecular weight excluding hydrogens is 208 g/mol. The van der Waals surface area contributed by atoms with E-state index in [0.29, 0.717) is 5.92 Å². The molecule has 94 valence electrons. The second-order valence-corrected chi connectivity index (χ2v) is 5.73. The number of hydrogen-bond donors (Lipinski definition) is 0. The Morgan fingerprint density at radius 2 is 1.59 bits per heavy atom. The molecule has 0 spiro atoms. The fourth-order valence-electron chi connectivity index (χ4n) is 2.01. The molecule has 1 aliphatic carbocycles. The van der Waals surface area contributed by atoms with E-state index in [2.05, 4.69) is 43.8 Å². The highest BCUT2D eigenvalue weighted by atomic mass is 15.0. The average Bonchev–Trinajstić information content (AvgIpc) is 2.84. The van der Waals surface area contributed by atoms with Crippen molar-refractivity contribution in [2.45, 2.75) is 58.4 Å². The minimum atomic E-state index is 0.240. The molecule has 1 fully saturated rings. The number of rotatable bonds is 0. The summed E-state index contributed by atoms with van der Waals surface area (Å²) in [6.07, 6.45) is 10.4. The lowest BCUT2D eigenvalue weighted by atomic mass is 9.91. The molecule has 0 radical (unpaired) electrons. The van der Waals surface area contributed by atoms with Crippen molar-refractivity contribution < 1.29 is 0 Å². The zero-order valence-electron chi connectivity index (χ0n) is 11.3. The largest absolute Gasteiger partial charge is 0.349 e.